The molecular weight excluding hydrogens is 1010 g/mol. The second-order valence-electron chi connectivity index (χ2n) is 19.2. The molecular formula is C43H76N2O29. The second-order valence-corrected chi connectivity index (χ2v) is 19.2. The van der Waals surface area contributed by atoms with E-state index in [-0.39, 0.29) is 6.61 Å². The summed E-state index contributed by atoms with van der Waals surface area (Å²) in [6.45, 7) is 0.667. The molecule has 0 aromatic heterocycles. The molecule has 6 saturated heterocycles. The molecule has 6 heterocycles. The van der Waals surface area contributed by atoms with E-state index in [4.69, 9.17) is 62.6 Å². The minimum atomic E-state index is -2.16. The molecule has 0 bridgehead atoms. The predicted molar refractivity (Wildman–Crippen MR) is 235 cm³/mol. The lowest BCUT2D eigenvalue weighted by atomic mass is 9.94. The Hall–Kier alpha value is -1.69. The van der Waals surface area contributed by atoms with Gasteiger partial charge in [-0.1, -0.05) is 0 Å². The summed E-state index contributed by atoms with van der Waals surface area (Å²) in [5.74, 6) is -0.667. The van der Waals surface area contributed by atoms with Crippen molar-refractivity contribution in [2.75, 3.05) is 39.6 Å². The molecule has 0 unspecified atom stereocenters. The normalized spacial score (nSPS) is 49.4. The van der Waals surface area contributed by atoms with Crippen LogP contribution in [0.25, 0.3) is 0 Å². The molecule has 0 saturated carbocycles. The van der Waals surface area contributed by atoms with Crippen molar-refractivity contribution in [2.24, 2.45) is 5.73 Å². The lowest BCUT2D eigenvalue weighted by molar-refractivity contribution is -0.398. The fourth-order valence-electron chi connectivity index (χ4n) is 9.52. The Bertz CT molecular complexity index is 1700. The molecule has 0 aliphatic carbocycles. The van der Waals surface area contributed by atoms with Crippen molar-refractivity contribution in [2.45, 2.75) is 224 Å². The summed E-state index contributed by atoms with van der Waals surface area (Å²) < 4.78 is 70.5. The molecule has 30 atom stereocenters. The standard InChI is InChI=1S/C43H76N2O29/c1-13-21(51)25(55)29(59)39(64-13)71-34-19(12-49)68-38(63-8-6-4-5-7-44)20(45-15(3)50)35(34)72-41-31(61)28(58)33(18(11-48)69-41)70-42-32(62)36(22(52)14(2)65-42)73-43-37(27(57)24(54)17(10-47)67-43)74-40-30(60)26(56)23(53)16(9-46)66-40/h13-14,16-43,46-49,51-62H,4-12,44H2,1-3H3,(H,45,50)/t13-,14-,16+,17+,18+,19+,20+,21-,22-,23-,24-,25+,26-,27-,28+,29+,30+,31+,32+,33+,34-,35+,36+,37+,38+,39-,40-,41-,42+,43+/m0/s1. The van der Waals surface area contributed by atoms with Gasteiger partial charge in [0.05, 0.1) is 38.6 Å². The predicted octanol–water partition coefficient (Wildman–Crippen LogP) is -10.7. The maximum absolute atomic E-state index is 12.8. The molecule has 6 rings (SSSR count). The fraction of sp³-hybridized carbons (Fsp3) is 0.977. The minimum Gasteiger partial charge on any atom is -0.394 e. The van der Waals surface area contributed by atoms with Crippen molar-refractivity contribution in [1.82, 2.24) is 5.32 Å². The van der Waals surface area contributed by atoms with Crippen LogP contribution in [0.3, 0.4) is 0 Å². The molecule has 0 radical (unpaired) electrons. The summed E-state index contributed by atoms with van der Waals surface area (Å²) in [6, 6.07) is -1.40. The van der Waals surface area contributed by atoms with Crippen LogP contribution in [0, 0.1) is 0 Å². The van der Waals surface area contributed by atoms with E-state index >= 15 is 0 Å². The van der Waals surface area contributed by atoms with Gasteiger partial charge in [-0.2, -0.15) is 0 Å². The highest BCUT2D eigenvalue weighted by molar-refractivity contribution is 5.73. The number of aliphatic hydroxyl groups excluding tert-OH is 16. The summed E-state index contributed by atoms with van der Waals surface area (Å²) in [4.78, 5) is 12.8. The minimum absolute atomic E-state index is 0.0468. The monoisotopic (exact) mass is 1080 g/mol. The molecule has 6 aliphatic rings. The molecule has 0 spiro atoms. The van der Waals surface area contributed by atoms with Crippen LogP contribution >= 0.6 is 0 Å². The zero-order valence-electron chi connectivity index (χ0n) is 40.7. The third-order valence-electron chi connectivity index (χ3n) is 13.9. The number of unbranched alkanes of at least 4 members (excludes halogenated alkanes) is 2. The Morgan fingerprint density at radius 3 is 1.42 bits per heavy atom. The van der Waals surface area contributed by atoms with E-state index in [1.54, 1.807) is 0 Å². The maximum atomic E-state index is 12.8. The molecule has 432 valence electrons. The first kappa shape index (κ1) is 61.5. The first-order chi connectivity index (χ1) is 35.1. The van der Waals surface area contributed by atoms with Crippen molar-refractivity contribution in [3.05, 3.63) is 0 Å². The first-order valence-electron chi connectivity index (χ1n) is 24.5. The Balaban J connectivity index is 1.23. The number of carbonyl (C=O) groups excluding carboxylic acids is 1. The van der Waals surface area contributed by atoms with Crippen LogP contribution in [0.5, 0.6) is 0 Å². The number of nitrogens with one attached hydrogen (secondary N) is 1. The van der Waals surface area contributed by atoms with Crippen LogP contribution in [-0.2, 0) is 61.6 Å². The van der Waals surface area contributed by atoms with E-state index in [1.165, 1.54) is 13.8 Å². The van der Waals surface area contributed by atoms with Gasteiger partial charge < -0.3 is 150 Å². The Morgan fingerprint density at radius 1 is 0.419 bits per heavy atom. The summed E-state index contributed by atoms with van der Waals surface area (Å²) in [6.07, 6.45) is -49.8. The smallest absolute Gasteiger partial charge is 0.217 e. The molecule has 6 fully saturated rings. The number of nitrogens with two attached hydrogens (primary N) is 1. The molecule has 1 amide bonds. The van der Waals surface area contributed by atoms with Gasteiger partial charge in [0, 0.05) is 13.5 Å². The largest absolute Gasteiger partial charge is 0.394 e. The van der Waals surface area contributed by atoms with Crippen molar-refractivity contribution in [3.63, 3.8) is 0 Å². The van der Waals surface area contributed by atoms with Gasteiger partial charge >= 0.3 is 0 Å². The second kappa shape index (κ2) is 27.5. The highest BCUT2D eigenvalue weighted by Gasteiger charge is 2.58. The van der Waals surface area contributed by atoms with Crippen LogP contribution in [-0.4, -0.2) is 311 Å². The highest BCUT2D eigenvalue weighted by Crippen LogP contribution is 2.37. The average molecular weight is 1090 g/mol. The van der Waals surface area contributed by atoms with E-state index in [1.807, 2.05) is 0 Å². The third kappa shape index (κ3) is 13.6. The molecule has 31 nitrogen and oxygen atoms in total. The molecule has 0 aromatic rings. The number of hydrogen-bond acceptors (Lipinski definition) is 30. The van der Waals surface area contributed by atoms with Crippen LogP contribution < -0.4 is 11.1 Å². The maximum Gasteiger partial charge on any atom is 0.217 e. The lowest BCUT2D eigenvalue weighted by Crippen LogP contribution is -2.70. The highest BCUT2D eigenvalue weighted by atomic mass is 16.8. The molecule has 0 aromatic carbocycles. The Morgan fingerprint density at radius 2 is 0.838 bits per heavy atom. The van der Waals surface area contributed by atoms with Gasteiger partial charge in [-0.05, 0) is 39.7 Å². The van der Waals surface area contributed by atoms with Gasteiger partial charge in [-0.3, -0.25) is 4.79 Å². The summed E-state index contributed by atoms with van der Waals surface area (Å²) in [7, 11) is 0. The quantitative estimate of drug-likeness (QED) is 0.0475. The van der Waals surface area contributed by atoms with E-state index in [2.05, 4.69) is 5.32 Å². The van der Waals surface area contributed by atoms with Gasteiger partial charge in [0.25, 0.3) is 0 Å². The van der Waals surface area contributed by atoms with Crippen LogP contribution in [0.1, 0.15) is 40.0 Å². The lowest BCUT2D eigenvalue weighted by Gasteiger charge is -2.51. The van der Waals surface area contributed by atoms with Gasteiger partial charge in [0.2, 0.25) is 5.91 Å². The number of carbonyl (C=O) groups is 1. The van der Waals surface area contributed by atoms with Crippen LogP contribution in [0.2, 0.25) is 0 Å². The fourth-order valence-corrected chi connectivity index (χ4v) is 9.52. The number of amides is 1. The molecule has 31 heteroatoms. The summed E-state index contributed by atoms with van der Waals surface area (Å²) in [5, 5.41) is 175. The zero-order chi connectivity index (χ0) is 54.5. The van der Waals surface area contributed by atoms with Crippen molar-refractivity contribution < 1.29 is 143 Å². The van der Waals surface area contributed by atoms with E-state index in [9.17, 15) is 86.5 Å². The van der Waals surface area contributed by atoms with Crippen molar-refractivity contribution in [1.29, 1.82) is 0 Å². The van der Waals surface area contributed by atoms with E-state index in [0.29, 0.717) is 25.8 Å². The SMILES string of the molecule is CC(=O)N[C@H]1[C@H](OCCCCCN)O[C@H](CO)[C@H](O[C@@H]2O[C@@H](C)[C@H](O)[C@@H](O)[C@H]2O)[C@@H]1O[C@@H]1O[C@H](CO)[C@@H](O[C@H]2O[C@@H](C)[C@H](O)[C@@H](O[C@H]3O[C@H](CO)[C@H](O)[C@H](O)[C@H]3O[C@@H]3O[C@H](CO)[C@H](O)[C@H](O)[C@H]3O)[C@H]2O)[C@H](O)[C@H]1O. The summed E-state index contributed by atoms with van der Waals surface area (Å²) >= 11 is 0. The van der Waals surface area contributed by atoms with Crippen LogP contribution in [0.4, 0.5) is 0 Å². The summed E-state index contributed by atoms with van der Waals surface area (Å²) in [5.41, 5.74) is 5.62. The van der Waals surface area contributed by atoms with Gasteiger partial charge in [0.15, 0.2) is 37.7 Å². The number of rotatable bonds is 21. The van der Waals surface area contributed by atoms with Gasteiger partial charge in [-0.15, -0.1) is 0 Å². The Labute approximate surface area is 423 Å². The third-order valence-corrected chi connectivity index (χ3v) is 13.9. The Kier molecular flexibility index (Phi) is 22.8. The van der Waals surface area contributed by atoms with Gasteiger partial charge in [-0.25, -0.2) is 0 Å². The van der Waals surface area contributed by atoms with Crippen LogP contribution in [0.15, 0.2) is 0 Å². The molecule has 6 aliphatic heterocycles. The zero-order valence-corrected chi connectivity index (χ0v) is 40.7. The number of hydrogen-bond donors (Lipinski definition) is 18. The topological polar surface area (TPSA) is 490 Å². The number of ether oxygens (including phenoxy) is 12. The number of aliphatic hydroxyl groups is 16. The molecule has 74 heavy (non-hydrogen) atoms. The van der Waals surface area contributed by atoms with E-state index < -0.39 is 217 Å². The van der Waals surface area contributed by atoms with E-state index in [0.717, 1.165) is 6.92 Å². The molecule has 19 N–H and O–H groups in total. The first-order valence-corrected chi connectivity index (χ1v) is 24.5. The average Bonchev–Trinajstić information content (AvgIpc) is 3.37. The van der Waals surface area contributed by atoms with Crippen molar-refractivity contribution in [3.8, 4) is 0 Å². The van der Waals surface area contributed by atoms with Crippen molar-refractivity contribution >= 4 is 5.91 Å². The van der Waals surface area contributed by atoms with Gasteiger partial charge in [0.1, 0.15) is 134 Å².